The van der Waals surface area contributed by atoms with Gasteiger partial charge in [-0.25, -0.2) is 0 Å². The van der Waals surface area contributed by atoms with Crippen molar-refractivity contribution >= 4 is 11.6 Å². The largest absolute Gasteiger partial charge is 0.357 e. The molecule has 3 rings (SSSR count). The lowest BCUT2D eigenvalue weighted by Gasteiger charge is -2.17. The summed E-state index contributed by atoms with van der Waals surface area (Å²) in [6.45, 7) is 2.04. The Kier molecular flexibility index (Phi) is 2.90. The molecule has 98 valence electrons. The summed E-state index contributed by atoms with van der Waals surface area (Å²) in [5.41, 5.74) is 5.38. The minimum absolute atomic E-state index is 0.0498. The molecule has 1 aliphatic carbocycles. The van der Waals surface area contributed by atoms with Crippen LogP contribution in [0.2, 0.25) is 0 Å². The molecule has 1 heterocycles. The second-order valence-electron chi connectivity index (χ2n) is 5.22. The van der Waals surface area contributed by atoms with Crippen molar-refractivity contribution in [3.05, 3.63) is 52.8 Å². The van der Waals surface area contributed by atoms with Crippen molar-refractivity contribution in [3.8, 4) is 0 Å². The standard InChI is InChI=1S/C16H18N2O/c1-11-5-3-7-13(9-11)18(2)16(19)15-14-8-4-6-12(14)10-17-15/h3,5,7,9-10,17H,4,6,8H2,1-2H3. The molecule has 0 bridgehead atoms. The van der Waals surface area contributed by atoms with Gasteiger partial charge >= 0.3 is 0 Å². The number of nitrogens with zero attached hydrogens (tertiary/aromatic N) is 1. The molecule has 0 spiro atoms. The predicted molar refractivity (Wildman–Crippen MR) is 76.7 cm³/mol. The number of H-pyrrole nitrogens is 1. The molecule has 1 aliphatic rings. The Balaban J connectivity index is 1.91. The van der Waals surface area contributed by atoms with Gasteiger partial charge in [-0.3, -0.25) is 4.79 Å². The van der Waals surface area contributed by atoms with Crippen LogP contribution in [0, 0.1) is 6.92 Å². The number of carbonyl (C=O) groups excluding carboxylic acids is 1. The van der Waals surface area contributed by atoms with E-state index in [2.05, 4.69) is 4.98 Å². The third-order valence-corrected chi connectivity index (χ3v) is 3.86. The van der Waals surface area contributed by atoms with Crippen LogP contribution in [0.1, 0.15) is 33.6 Å². The van der Waals surface area contributed by atoms with Crippen molar-refractivity contribution in [2.75, 3.05) is 11.9 Å². The van der Waals surface area contributed by atoms with E-state index < -0.39 is 0 Å². The van der Waals surface area contributed by atoms with Gasteiger partial charge in [0.05, 0.1) is 0 Å². The highest BCUT2D eigenvalue weighted by molar-refractivity contribution is 6.05. The van der Waals surface area contributed by atoms with Gasteiger partial charge in [0.15, 0.2) is 0 Å². The van der Waals surface area contributed by atoms with Gasteiger partial charge in [-0.05, 0) is 55.0 Å². The minimum atomic E-state index is 0.0498. The fourth-order valence-corrected chi connectivity index (χ4v) is 2.77. The van der Waals surface area contributed by atoms with Gasteiger partial charge in [-0.2, -0.15) is 0 Å². The summed E-state index contributed by atoms with van der Waals surface area (Å²) in [6, 6.07) is 8.01. The first-order valence-electron chi connectivity index (χ1n) is 6.70. The first kappa shape index (κ1) is 12.0. The van der Waals surface area contributed by atoms with Gasteiger partial charge in [-0.15, -0.1) is 0 Å². The quantitative estimate of drug-likeness (QED) is 0.878. The molecule has 1 aromatic carbocycles. The summed E-state index contributed by atoms with van der Waals surface area (Å²) in [5.74, 6) is 0.0498. The molecule has 0 unspecified atom stereocenters. The maximum atomic E-state index is 12.6. The van der Waals surface area contributed by atoms with E-state index in [1.54, 1.807) is 4.90 Å². The van der Waals surface area contributed by atoms with E-state index in [4.69, 9.17) is 0 Å². The Labute approximate surface area is 113 Å². The van der Waals surface area contributed by atoms with Crippen LogP contribution in [-0.2, 0) is 12.8 Å². The Hall–Kier alpha value is -2.03. The van der Waals surface area contributed by atoms with Gasteiger partial charge < -0.3 is 9.88 Å². The molecule has 0 radical (unpaired) electrons. The van der Waals surface area contributed by atoms with Gasteiger partial charge in [0.25, 0.3) is 5.91 Å². The minimum Gasteiger partial charge on any atom is -0.357 e. The lowest BCUT2D eigenvalue weighted by Crippen LogP contribution is -2.27. The maximum Gasteiger partial charge on any atom is 0.274 e. The van der Waals surface area contributed by atoms with Gasteiger partial charge in [0, 0.05) is 18.9 Å². The second kappa shape index (κ2) is 4.57. The third-order valence-electron chi connectivity index (χ3n) is 3.86. The van der Waals surface area contributed by atoms with E-state index in [-0.39, 0.29) is 5.91 Å². The number of aromatic amines is 1. The van der Waals surface area contributed by atoms with Crippen molar-refractivity contribution in [1.82, 2.24) is 4.98 Å². The highest BCUT2D eigenvalue weighted by Gasteiger charge is 2.23. The van der Waals surface area contributed by atoms with Crippen molar-refractivity contribution in [3.63, 3.8) is 0 Å². The number of anilines is 1. The lowest BCUT2D eigenvalue weighted by molar-refractivity contribution is 0.0988. The molecular weight excluding hydrogens is 236 g/mol. The molecule has 19 heavy (non-hydrogen) atoms. The van der Waals surface area contributed by atoms with Crippen molar-refractivity contribution in [2.24, 2.45) is 0 Å². The molecule has 0 saturated carbocycles. The molecule has 0 aliphatic heterocycles. The predicted octanol–water partition coefficient (Wildman–Crippen LogP) is 3.09. The van der Waals surface area contributed by atoms with Crippen LogP contribution in [0.4, 0.5) is 5.69 Å². The number of aryl methyl sites for hydroxylation is 2. The topological polar surface area (TPSA) is 36.1 Å². The molecule has 1 amide bonds. The summed E-state index contributed by atoms with van der Waals surface area (Å²) in [5, 5.41) is 0. The molecular formula is C16H18N2O. The summed E-state index contributed by atoms with van der Waals surface area (Å²) < 4.78 is 0. The molecule has 0 fully saturated rings. The Bertz CT molecular complexity index is 627. The van der Waals surface area contributed by atoms with Crippen molar-refractivity contribution < 1.29 is 4.79 Å². The van der Waals surface area contributed by atoms with Crippen LogP contribution >= 0.6 is 0 Å². The second-order valence-corrected chi connectivity index (χ2v) is 5.22. The highest BCUT2D eigenvalue weighted by atomic mass is 16.2. The number of fused-ring (bicyclic) bond motifs is 1. The molecule has 0 saturated heterocycles. The van der Waals surface area contributed by atoms with E-state index in [0.29, 0.717) is 0 Å². The summed E-state index contributed by atoms with van der Waals surface area (Å²) in [6.07, 6.45) is 5.25. The maximum absolute atomic E-state index is 12.6. The van der Waals surface area contributed by atoms with Crippen LogP contribution in [0.3, 0.4) is 0 Å². The number of hydrogen-bond donors (Lipinski definition) is 1. The zero-order chi connectivity index (χ0) is 13.4. The van der Waals surface area contributed by atoms with Crippen LogP contribution in [0.25, 0.3) is 0 Å². The Morgan fingerprint density at radius 1 is 1.32 bits per heavy atom. The fraction of sp³-hybridized carbons (Fsp3) is 0.312. The zero-order valence-corrected chi connectivity index (χ0v) is 11.4. The molecule has 1 aromatic heterocycles. The average molecular weight is 254 g/mol. The first-order valence-corrected chi connectivity index (χ1v) is 6.70. The van der Waals surface area contributed by atoms with E-state index in [0.717, 1.165) is 36.2 Å². The number of hydrogen-bond acceptors (Lipinski definition) is 1. The highest BCUT2D eigenvalue weighted by Crippen LogP contribution is 2.26. The number of carbonyl (C=O) groups is 1. The number of rotatable bonds is 2. The summed E-state index contributed by atoms with van der Waals surface area (Å²) in [4.78, 5) is 17.4. The number of amides is 1. The van der Waals surface area contributed by atoms with Crippen LogP contribution in [-0.4, -0.2) is 17.9 Å². The van der Waals surface area contributed by atoms with Gasteiger partial charge in [-0.1, -0.05) is 12.1 Å². The summed E-state index contributed by atoms with van der Waals surface area (Å²) in [7, 11) is 1.83. The zero-order valence-electron chi connectivity index (χ0n) is 11.4. The number of benzene rings is 1. The fourth-order valence-electron chi connectivity index (χ4n) is 2.77. The van der Waals surface area contributed by atoms with E-state index in [1.165, 1.54) is 11.1 Å². The SMILES string of the molecule is Cc1cccc(N(C)C(=O)c2[nH]cc3c2CCC3)c1. The van der Waals surface area contributed by atoms with E-state index in [1.807, 2.05) is 44.4 Å². The Morgan fingerprint density at radius 2 is 2.16 bits per heavy atom. The monoisotopic (exact) mass is 254 g/mol. The molecule has 3 nitrogen and oxygen atoms in total. The number of aromatic nitrogens is 1. The van der Waals surface area contributed by atoms with Gasteiger partial charge in [0.2, 0.25) is 0 Å². The van der Waals surface area contributed by atoms with Crippen molar-refractivity contribution in [1.29, 1.82) is 0 Å². The van der Waals surface area contributed by atoms with Crippen LogP contribution < -0.4 is 4.90 Å². The van der Waals surface area contributed by atoms with Crippen molar-refractivity contribution in [2.45, 2.75) is 26.2 Å². The van der Waals surface area contributed by atoms with Gasteiger partial charge in [0.1, 0.15) is 5.69 Å². The van der Waals surface area contributed by atoms with E-state index in [9.17, 15) is 4.79 Å². The smallest absolute Gasteiger partial charge is 0.274 e. The number of nitrogens with one attached hydrogen (secondary N) is 1. The lowest BCUT2D eigenvalue weighted by atomic mass is 10.1. The molecule has 3 heteroatoms. The average Bonchev–Trinajstić information content (AvgIpc) is 2.99. The van der Waals surface area contributed by atoms with E-state index >= 15 is 0 Å². The molecule has 2 aromatic rings. The normalized spacial score (nSPS) is 13.4. The molecule has 0 atom stereocenters. The third kappa shape index (κ3) is 2.05. The first-order chi connectivity index (χ1) is 9.16. The summed E-state index contributed by atoms with van der Waals surface area (Å²) >= 11 is 0. The van der Waals surface area contributed by atoms with Crippen LogP contribution in [0.15, 0.2) is 30.5 Å². The molecule has 1 N–H and O–H groups in total. The van der Waals surface area contributed by atoms with Crippen LogP contribution in [0.5, 0.6) is 0 Å². The Morgan fingerprint density at radius 3 is 2.95 bits per heavy atom.